The van der Waals surface area contributed by atoms with Gasteiger partial charge in [-0.2, -0.15) is 0 Å². The van der Waals surface area contributed by atoms with Crippen molar-refractivity contribution in [3.05, 3.63) is 0 Å². The fourth-order valence-corrected chi connectivity index (χ4v) is 2.53. The molecule has 1 aliphatic carbocycles. The third-order valence-electron chi connectivity index (χ3n) is 3.58. The van der Waals surface area contributed by atoms with Gasteiger partial charge in [-0.05, 0) is 24.7 Å². The maximum Gasteiger partial charge on any atom is 0.307 e. The van der Waals surface area contributed by atoms with Crippen LogP contribution in [0, 0.1) is 23.7 Å². The highest BCUT2D eigenvalue weighted by Gasteiger charge is 2.41. The summed E-state index contributed by atoms with van der Waals surface area (Å²) in [5.74, 6) is -2.10. The molecule has 1 fully saturated rings. The minimum Gasteiger partial charge on any atom is -0.481 e. The average Bonchev–Trinajstić information content (AvgIpc) is 2.75. The number of carbonyl (C=O) groups is 3. The molecule has 0 aromatic rings. The minimum absolute atomic E-state index is 0.0945. The van der Waals surface area contributed by atoms with E-state index in [0.29, 0.717) is 25.3 Å². The van der Waals surface area contributed by atoms with Crippen LogP contribution in [0.15, 0.2) is 0 Å². The molecule has 6 nitrogen and oxygen atoms in total. The molecule has 6 heteroatoms. The van der Waals surface area contributed by atoms with Gasteiger partial charge in [0.15, 0.2) is 0 Å². The van der Waals surface area contributed by atoms with Crippen LogP contribution in [0.2, 0.25) is 0 Å². The van der Waals surface area contributed by atoms with Crippen LogP contribution in [0.5, 0.6) is 0 Å². The molecule has 2 amide bonds. The van der Waals surface area contributed by atoms with Crippen LogP contribution >= 0.6 is 0 Å². The molecular formula is C14H24N2O4. The van der Waals surface area contributed by atoms with Crippen LogP contribution in [0.3, 0.4) is 0 Å². The van der Waals surface area contributed by atoms with Gasteiger partial charge in [-0.25, -0.2) is 0 Å². The smallest absolute Gasteiger partial charge is 0.307 e. The van der Waals surface area contributed by atoms with Crippen LogP contribution in [0.1, 0.15) is 33.6 Å². The third kappa shape index (κ3) is 4.83. The fraction of sp³-hybridized carbons (Fsp3) is 0.786. The van der Waals surface area contributed by atoms with E-state index < -0.39 is 17.8 Å². The normalized spacial score (nSPS) is 25.5. The lowest BCUT2D eigenvalue weighted by atomic mass is 9.95. The van der Waals surface area contributed by atoms with Crippen LogP contribution < -0.4 is 10.6 Å². The van der Waals surface area contributed by atoms with E-state index in [4.69, 9.17) is 5.11 Å². The quantitative estimate of drug-likeness (QED) is 0.666. The molecular weight excluding hydrogens is 260 g/mol. The van der Waals surface area contributed by atoms with Gasteiger partial charge in [0.2, 0.25) is 11.8 Å². The van der Waals surface area contributed by atoms with Crippen LogP contribution in [-0.2, 0) is 14.4 Å². The first kappa shape index (κ1) is 16.5. The van der Waals surface area contributed by atoms with Gasteiger partial charge in [-0.15, -0.1) is 0 Å². The van der Waals surface area contributed by atoms with Gasteiger partial charge in [0.05, 0.1) is 18.4 Å². The molecule has 0 spiro atoms. The number of amides is 2. The van der Waals surface area contributed by atoms with Gasteiger partial charge in [0.1, 0.15) is 0 Å². The predicted molar refractivity (Wildman–Crippen MR) is 73.9 cm³/mol. The maximum absolute atomic E-state index is 12.0. The van der Waals surface area contributed by atoms with E-state index in [0.717, 1.165) is 0 Å². The highest BCUT2D eigenvalue weighted by molar-refractivity contribution is 5.88. The van der Waals surface area contributed by atoms with Gasteiger partial charge >= 0.3 is 5.97 Å². The summed E-state index contributed by atoms with van der Waals surface area (Å²) in [6.45, 7) is 6.38. The summed E-state index contributed by atoms with van der Waals surface area (Å²) in [6.07, 6.45) is 1.09. The van der Waals surface area contributed by atoms with E-state index in [1.54, 1.807) is 0 Å². The molecule has 20 heavy (non-hydrogen) atoms. The predicted octanol–water partition coefficient (Wildman–Crippen LogP) is 0.622. The Balaban J connectivity index is 2.42. The van der Waals surface area contributed by atoms with Crippen LogP contribution in [-0.4, -0.2) is 36.0 Å². The highest BCUT2D eigenvalue weighted by atomic mass is 16.4. The van der Waals surface area contributed by atoms with Crippen molar-refractivity contribution < 1.29 is 19.5 Å². The summed E-state index contributed by atoms with van der Waals surface area (Å²) in [4.78, 5) is 34.6. The third-order valence-corrected chi connectivity index (χ3v) is 3.58. The highest BCUT2D eigenvalue weighted by Crippen LogP contribution is 2.36. The summed E-state index contributed by atoms with van der Waals surface area (Å²) < 4.78 is 0. The Morgan fingerprint density at radius 2 is 1.75 bits per heavy atom. The van der Waals surface area contributed by atoms with Crippen molar-refractivity contribution in [1.29, 1.82) is 0 Å². The standard InChI is InChI=1S/C14H24N2O4/c1-8(2)6-15-12(17)7-16-13(18)10-4-9(3)5-11(10)14(19)20/h8-11H,4-7H2,1-3H3,(H,15,17)(H,16,18)(H,19,20)/t9?,10-,11+/m0/s1. The van der Waals surface area contributed by atoms with Crippen molar-refractivity contribution in [3.8, 4) is 0 Å². The average molecular weight is 284 g/mol. The number of hydrogen-bond acceptors (Lipinski definition) is 3. The number of nitrogens with one attached hydrogen (secondary N) is 2. The topological polar surface area (TPSA) is 95.5 Å². The van der Waals surface area contributed by atoms with E-state index in [1.807, 2.05) is 20.8 Å². The number of carboxylic acid groups (broad SMARTS) is 1. The first-order chi connectivity index (χ1) is 9.31. The summed E-state index contributed by atoms with van der Waals surface area (Å²) in [5.41, 5.74) is 0. The van der Waals surface area contributed by atoms with Gasteiger partial charge in [-0.1, -0.05) is 20.8 Å². The zero-order chi connectivity index (χ0) is 15.3. The number of rotatable bonds is 6. The lowest BCUT2D eigenvalue weighted by Crippen LogP contribution is -2.42. The van der Waals surface area contributed by atoms with E-state index in [1.165, 1.54) is 0 Å². The van der Waals surface area contributed by atoms with Gasteiger partial charge in [0.25, 0.3) is 0 Å². The Morgan fingerprint density at radius 3 is 2.30 bits per heavy atom. The van der Waals surface area contributed by atoms with E-state index >= 15 is 0 Å². The van der Waals surface area contributed by atoms with Crippen molar-refractivity contribution in [2.24, 2.45) is 23.7 Å². The lowest BCUT2D eigenvalue weighted by Gasteiger charge is -2.15. The van der Waals surface area contributed by atoms with Crippen molar-refractivity contribution >= 4 is 17.8 Å². The number of hydrogen-bond donors (Lipinski definition) is 3. The fourth-order valence-electron chi connectivity index (χ4n) is 2.53. The molecule has 0 radical (unpaired) electrons. The molecule has 0 aromatic heterocycles. The van der Waals surface area contributed by atoms with Gasteiger partial charge in [-0.3, -0.25) is 14.4 Å². The molecule has 1 unspecified atom stereocenters. The summed E-state index contributed by atoms with van der Waals surface area (Å²) in [5, 5.41) is 14.4. The summed E-state index contributed by atoms with van der Waals surface area (Å²) >= 11 is 0. The summed E-state index contributed by atoms with van der Waals surface area (Å²) in [7, 11) is 0. The molecule has 0 heterocycles. The molecule has 1 saturated carbocycles. The monoisotopic (exact) mass is 284 g/mol. The van der Waals surface area contributed by atoms with Crippen molar-refractivity contribution in [2.45, 2.75) is 33.6 Å². The van der Waals surface area contributed by atoms with Crippen molar-refractivity contribution in [3.63, 3.8) is 0 Å². The second kappa shape index (κ2) is 7.26. The summed E-state index contributed by atoms with van der Waals surface area (Å²) in [6, 6.07) is 0. The largest absolute Gasteiger partial charge is 0.481 e. The molecule has 0 bridgehead atoms. The van der Waals surface area contributed by atoms with Crippen LogP contribution in [0.25, 0.3) is 0 Å². The Labute approximate surface area is 119 Å². The number of carbonyl (C=O) groups excluding carboxylic acids is 2. The zero-order valence-corrected chi connectivity index (χ0v) is 12.3. The Bertz CT molecular complexity index is 381. The first-order valence-corrected chi connectivity index (χ1v) is 7.08. The van der Waals surface area contributed by atoms with Gasteiger partial charge in [0, 0.05) is 6.54 Å². The molecule has 0 aliphatic heterocycles. The second-order valence-corrected chi connectivity index (χ2v) is 6.04. The molecule has 0 aromatic carbocycles. The molecule has 114 valence electrons. The van der Waals surface area contributed by atoms with E-state index in [9.17, 15) is 14.4 Å². The lowest BCUT2D eigenvalue weighted by molar-refractivity contribution is -0.146. The minimum atomic E-state index is -0.932. The number of aliphatic carboxylic acids is 1. The van der Waals surface area contributed by atoms with E-state index in [-0.39, 0.29) is 24.3 Å². The Kier molecular flexibility index (Phi) is 5.98. The Morgan fingerprint density at radius 1 is 1.15 bits per heavy atom. The molecule has 3 atom stereocenters. The number of carboxylic acids is 1. The van der Waals surface area contributed by atoms with Gasteiger partial charge < -0.3 is 15.7 Å². The SMILES string of the molecule is CC(C)CNC(=O)CNC(=O)[C@H]1CC(C)C[C@H]1C(=O)O. The van der Waals surface area contributed by atoms with E-state index in [2.05, 4.69) is 10.6 Å². The zero-order valence-electron chi connectivity index (χ0n) is 12.3. The molecule has 0 saturated heterocycles. The maximum atomic E-state index is 12.0. The first-order valence-electron chi connectivity index (χ1n) is 7.08. The molecule has 1 aliphatic rings. The Hall–Kier alpha value is -1.59. The van der Waals surface area contributed by atoms with Crippen molar-refractivity contribution in [2.75, 3.05) is 13.1 Å². The molecule has 1 rings (SSSR count). The van der Waals surface area contributed by atoms with Crippen molar-refractivity contribution in [1.82, 2.24) is 10.6 Å². The second-order valence-electron chi connectivity index (χ2n) is 6.04. The van der Waals surface area contributed by atoms with Crippen LogP contribution in [0.4, 0.5) is 0 Å². The molecule has 3 N–H and O–H groups in total.